The molecule has 0 bridgehead atoms. The van der Waals surface area contributed by atoms with E-state index in [9.17, 15) is 0 Å². The van der Waals surface area contributed by atoms with Gasteiger partial charge in [0.15, 0.2) is 0 Å². The Morgan fingerprint density at radius 1 is 2.00 bits per heavy atom. The third-order valence-corrected chi connectivity index (χ3v) is 0.717. The Labute approximate surface area is 36.7 Å². The van der Waals surface area contributed by atoms with Gasteiger partial charge in [0.2, 0.25) is 0 Å². The molecule has 1 radical (unpaired) electrons. The summed E-state index contributed by atoms with van der Waals surface area (Å²) in [7, 11) is 0. The predicted octanol–water partition coefficient (Wildman–Crippen LogP) is -0.0706. The number of hydrogen-bond donors (Lipinski definition) is 1. The van der Waals surface area contributed by atoms with Crippen LogP contribution in [0.2, 0.25) is 0 Å². The van der Waals surface area contributed by atoms with Crippen LogP contribution in [0.25, 0.3) is 0 Å². The second-order valence-corrected chi connectivity index (χ2v) is 1.31. The van der Waals surface area contributed by atoms with Crippen molar-refractivity contribution in [3.63, 3.8) is 0 Å². The average molecular weight is 87.1 g/mol. The largest absolute Gasteiger partial charge is 0.371 e. The number of hydrogen-bond acceptors (Lipinski definition) is 2. The molecule has 0 heterocycles. The second kappa shape index (κ2) is 1.58. The zero-order valence-electron chi connectivity index (χ0n) is 3.42. The van der Waals surface area contributed by atoms with Crippen molar-refractivity contribution in [3.05, 3.63) is 6.42 Å². The molecule has 0 amide bonds. The molecule has 1 aliphatic carbocycles. The van der Waals surface area contributed by atoms with E-state index in [4.69, 9.17) is 5.11 Å². The highest BCUT2D eigenvalue weighted by molar-refractivity contribution is 4.96. The van der Waals surface area contributed by atoms with Crippen LogP contribution in [0.5, 0.6) is 0 Å². The van der Waals surface area contributed by atoms with Gasteiger partial charge in [-0.05, 0) is 12.8 Å². The summed E-state index contributed by atoms with van der Waals surface area (Å²) in [5, 5.41) is 8.03. The van der Waals surface area contributed by atoms with Gasteiger partial charge in [0.25, 0.3) is 0 Å². The van der Waals surface area contributed by atoms with E-state index >= 15 is 0 Å². The lowest BCUT2D eigenvalue weighted by molar-refractivity contribution is -0.00723. The first-order valence-electron chi connectivity index (χ1n) is 1.99. The van der Waals surface area contributed by atoms with Crippen LogP contribution in [0.15, 0.2) is 0 Å². The van der Waals surface area contributed by atoms with Crippen molar-refractivity contribution >= 4 is 0 Å². The van der Waals surface area contributed by atoms with Crippen LogP contribution in [0, 0.1) is 6.42 Å². The van der Waals surface area contributed by atoms with Crippen LogP contribution >= 0.6 is 0 Å². The SMILES string of the molecule is OCOC1[CH]C1. The van der Waals surface area contributed by atoms with Crippen molar-refractivity contribution in [2.45, 2.75) is 12.5 Å². The Bertz CT molecular complexity index is 40.8. The molecule has 35 valence electrons. The van der Waals surface area contributed by atoms with Gasteiger partial charge in [-0.1, -0.05) is 0 Å². The van der Waals surface area contributed by atoms with Crippen LogP contribution < -0.4 is 0 Å². The summed E-state index contributed by atoms with van der Waals surface area (Å²) < 4.78 is 4.65. The van der Waals surface area contributed by atoms with Gasteiger partial charge in [-0.15, -0.1) is 0 Å². The van der Waals surface area contributed by atoms with E-state index in [1.54, 1.807) is 0 Å². The summed E-state index contributed by atoms with van der Waals surface area (Å²) >= 11 is 0. The maximum Gasteiger partial charge on any atom is 0.143 e. The first-order valence-corrected chi connectivity index (χ1v) is 1.99. The Hall–Kier alpha value is -0.0800. The molecule has 0 aromatic carbocycles. The van der Waals surface area contributed by atoms with Crippen molar-refractivity contribution in [1.82, 2.24) is 0 Å². The van der Waals surface area contributed by atoms with Crippen molar-refractivity contribution in [2.75, 3.05) is 6.79 Å². The van der Waals surface area contributed by atoms with Crippen LogP contribution in [0.4, 0.5) is 0 Å². The van der Waals surface area contributed by atoms with Gasteiger partial charge < -0.3 is 9.84 Å². The van der Waals surface area contributed by atoms with E-state index in [-0.39, 0.29) is 12.9 Å². The molecule has 1 aliphatic rings. The molecule has 1 fully saturated rings. The standard InChI is InChI=1S/C4H7O2/c5-3-6-4-1-2-4/h1,4-5H,2-3H2. The lowest BCUT2D eigenvalue weighted by Crippen LogP contribution is -1.92. The smallest absolute Gasteiger partial charge is 0.143 e. The Morgan fingerprint density at radius 3 is 2.83 bits per heavy atom. The molecule has 0 aromatic rings. The van der Waals surface area contributed by atoms with Crippen molar-refractivity contribution in [3.8, 4) is 0 Å². The van der Waals surface area contributed by atoms with Crippen LogP contribution in [-0.2, 0) is 4.74 Å². The van der Waals surface area contributed by atoms with Crippen molar-refractivity contribution < 1.29 is 9.84 Å². The zero-order chi connectivity index (χ0) is 4.41. The minimum Gasteiger partial charge on any atom is -0.371 e. The highest BCUT2D eigenvalue weighted by Crippen LogP contribution is 2.20. The van der Waals surface area contributed by atoms with Gasteiger partial charge in [-0.3, -0.25) is 0 Å². The predicted molar refractivity (Wildman–Crippen MR) is 20.9 cm³/mol. The monoisotopic (exact) mass is 87.0 g/mol. The summed E-state index contributed by atoms with van der Waals surface area (Å²) in [6.07, 6.45) is 3.28. The van der Waals surface area contributed by atoms with Gasteiger partial charge >= 0.3 is 0 Å². The fourth-order valence-corrected chi connectivity index (χ4v) is 0.287. The highest BCUT2D eigenvalue weighted by atomic mass is 16.6. The maximum atomic E-state index is 8.03. The molecular formula is C4H7O2. The van der Waals surface area contributed by atoms with E-state index in [2.05, 4.69) is 4.74 Å². The molecule has 1 N–H and O–H groups in total. The topological polar surface area (TPSA) is 29.5 Å². The number of aliphatic hydroxyl groups is 1. The van der Waals surface area contributed by atoms with Crippen LogP contribution in [0.3, 0.4) is 0 Å². The molecule has 2 nitrogen and oxygen atoms in total. The van der Waals surface area contributed by atoms with Crippen molar-refractivity contribution in [1.29, 1.82) is 0 Å². The molecule has 2 heteroatoms. The van der Waals surface area contributed by atoms with Crippen LogP contribution in [0.1, 0.15) is 6.42 Å². The fraction of sp³-hybridized carbons (Fsp3) is 0.750. The average Bonchev–Trinajstić information content (AvgIpc) is 2.21. The molecule has 0 saturated heterocycles. The molecule has 0 aromatic heterocycles. The first-order chi connectivity index (χ1) is 2.93. The van der Waals surface area contributed by atoms with E-state index in [1.165, 1.54) is 0 Å². The highest BCUT2D eigenvalue weighted by Gasteiger charge is 2.21. The summed E-state index contributed by atoms with van der Waals surface area (Å²) in [4.78, 5) is 0. The third-order valence-electron chi connectivity index (χ3n) is 0.717. The Kier molecular flexibility index (Phi) is 1.08. The van der Waals surface area contributed by atoms with Gasteiger partial charge in [0.05, 0.1) is 6.10 Å². The van der Waals surface area contributed by atoms with E-state index < -0.39 is 0 Å². The van der Waals surface area contributed by atoms with Crippen molar-refractivity contribution in [2.24, 2.45) is 0 Å². The molecule has 1 saturated carbocycles. The van der Waals surface area contributed by atoms with E-state index in [0.29, 0.717) is 0 Å². The number of ether oxygens (including phenoxy) is 1. The number of rotatable bonds is 2. The molecule has 1 unspecified atom stereocenters. The molecule has 1 atom stereocenters. The fourth-order valence-electron chi connectivity index (χ4n) is 0.287. The van der Waals surface area contributed by atoms with Gasteiger partial charge in [-0.2, -0.15) is 0 Å². The summed E-state index contributed by atoms with van der Waals surface area (Å²) in [6, 6.07) is 0. The quantitative estimate of drug-likeness (QED) is 0.478. The second-order valence-electron chi connectivity index (χ2n) is 1.31. The normalized spacial score (nSPS) is 21.5. The lowest BCUT2D eigenvalue weighted by Gasteiger charge is -1.88. The van der Waals surface area contributed by atoms with Gasteiger partial charge in [0, 0.05) is 0 Å². The van der Waals surface area contributed by atoms with Gasteiger partial charge in [0.1, 0.15) is 6.79 Å². The van der Waals surface area contributed by atoms with E-state index in [0.717, 1.165) is 6.42 Å². The molecular weight excluding hydrogens is 80.0 g/mol. The zero-order valence-corrected chi connectivity index (χ0v) is 3.42. The molecule has 0 spiro atoms. The molecule has 0 aliphatic heterocycles. The summed E-state index contributed by atoms with van der Waals surface area (Å²) in [6.45, 7) is -0.138. The Balaban J connectivity index is 1.88. The number of aliphatic hydroxyl groups excluding tert-OH is 1. The third kappa shape index (κ3) is 0.954. The van der Waals surface area contributed by atoms with Crippen LogP contribution in [-0.4, -0.2) is 18.0 Å². The van der Waals surface area contributed by atoms with E-state index in [1.807, 2.05) is 6.42 Å². The minimum atomic E-state index is -0.138. The van der Waals surface area contributed by atoms with Gasteiger partial charge in [-0.25, -0.2) is 0 Å². The summed E-state index contributed by atoms with van der Waals surface area (Å²) in [5.74, 6) is 0. The molecule has 6 heavy (non-hydrogen) atoms. The first kappa shape index (κ1) is 4.09. The Morgan fingerprint density at radius 2 is 2.67 bits per heavy atom. The maximum absolute atomic E-state index is 8.03. The molecule has 1 rings (SSSR count). The lowest BCUT2D eigenvalue weighted by atomic mass is 10.8. The summed E-state index contributed by atoms with van der Waals surface area (Å²) in [5.41, 5.74) is 0. The minimum absolute atomic E-state index is 0.138.